The lowest BCUT2D eigenvalue weighted by atomic mass is 10.1. The number of nitrogens with zero attached hydrogens (tertiary/aromatic N) is 1. The van der Waals surface area contributed by atoms with Crippen molar-refractivity contribution < 1.29 is 0 Å². The summed E-state index contributed by atoms with van der Waals surface area (Å²) < 4.78 is 0. The molecule has 0 atom stereocenters. The number of likely N-dealkylation sites (N-methyl/N-ethyl adjacent to an activating group) is 2. The molecule has 0 bridgehead atoms. The van der Waals surface area contributed by atoms with E-state index in [2.05, 4.69) is 59.7 Å². The molecular formula is C15H20N2. The van der Waals surface area contributed by atoms with Crippen LogP contribution in [0.4, 0.5) is 0 Å². The molecule has 0 aliphatic carbocycles. The minimum absolute atomic E-state index is 1.01. The second-order valence-electron chi connectivity index (χ2n) is 4.52. The lowest BCUT2D eigenvalue weighted by Gasteiger charge is -2.16. The van der Waals surface area contributed by atoms with Crippen LogP contribution >= 0.6 is 0 Å². The van der Waals surface area contributed by atoms with Crippen LogP contribution in [0.2, 0.25) is 0 Å². The smallest absolute Gasteiger partial charge is 0.0231 e. The molecule has 0 amide bonds. The Morgan fingerprint density at radius 1 is 1.06 bits per heavy atom. The molecule has 0 unspecified atom stereocenters. The maximum absolute atomic E-state index is 3.17. The van der Waals surface area contributed by atoms with Gasteiger partial charge < -0.3 is 10.2 Å². The molecule has 0 radical (unpaired) electrons. The van der Waals surface area contributed by atoms with Gasteiger partial charge in [0.15, 0.2) is 0 Å². The average molecular weight is 228 g/mol. The molecule has 2 heteroatoms. The topological polar surface area (TPSA) is 15.3 Å². The summed E-state index contributed by atoms with van der Waals surface area (Å²) in [5.41, 5.74) is 1.38. The molecule has 1 N–H and O–H groups in total. The van der Waals surface area contributed by atoms with Gasteiger partial charge in [0.25, 0.3) is 0 Å². The Bertz CT molecular complexity index is 479. The van der Waals surface area contributed by atoms with Gasteiger partial charge in [0.1, 0.15) is 0 Å². The van der Waals surface area contributed by atoms with Gasteiger partial charge in [-0.1, -0.05) is 36.4 Å². The van der Waals surface area contributed by atoms with E-state index in [0.29, 0.717) is 0 Å². The third-order valence-corrected chi connectivity index (χ3v) is 3.01. The van der Waals surface area contributed by atoms with Gasteiger partial charge in [-0.15, -0.1) is 0 Å². The van der Waals surface area contributed by atoms with Crippen molar-refractivity contribution >= 4 is 10.8 Å². The Labute approximate surface area is 103 Å². The zero-order valence-corrected chi connectivity index (χ0v) is 10.6. The highest BCUT2D eigenvalue weighted by molar-refractivity contribution is 5.82. The first-order chi connectivity index (χ1) is 8.29. The van der Waals surface area contributed by atoms with Crippen LogP contribution in [-0.4, -0.2) is 32.1 Å². The van der Waals surface area contributed by atoms with Crippen molar-refractivity contribution in [2.24, 2.45) is 0 Å². The summed E-state index contributed by atoms with van der Waals surface area (Å²) in [5, 5.41) is 5.81. The third-order valence-electron chi connectivity index (χ3n) is 3.01. The Balaban J connectivity index is 2.08. The predicted molar refractivity (Wildman–Crippen MR) is 74.2 cm³/mol. The Kier molecular flexibility index (Phi) is 4.13. The fourth-order valence-corrected chi connectivity index (χ4v) is 2.03. The van der Waals surface area contributed by atoms with Crippen LogP contribution in [0, 0.1) is 0 Å². The van der Waals surface area contributed by atoms with E-state index in [1.165, 1.54) is 16.3 Å². The molecule has 2 aromatic carbocycles. The molecule has 0 heterocycles. The van der Waals surface area contributed by atoms with Gasteiger partial charge in [0.2, 0.25) is 0 Å². The number of nitrogens with one attached hydrogen (secondary N) is 1. The second kappa shape index (κ2) is 5.80. The summed E-state index contributed by atoms with van der Waals surface area (Å²) in [7, 11) is 4.15. The quantitative estimate of drug-likeness (QED) is 0.846. The van der Waals surface area contributed by atoms with Crippen LogP contribution in [0.25, 0.3) is 10.8 Å². The molecule has 2 rings (SSSR count). The van der Waals surface area contributed by atoms with Gasteiger partial charge in [-0.25, -0.2) is 0 Å². The van der Waals surface area contributed by atoms with Crippen molar-refractivity contribution in [2.75, 3.05) is 27.2 Å². The van der Waals surface area contributed by atoms with Crippen molar-refractivity contribution in [1.29, 1.82) is 0 Å². The lowest BCUT2D eigenvalue weighted by Crippen LogP contribution is -2.26. The largest absolute Gasteiger partial charge is 0.318 e. The molecule has 0 saturated carbocycles. The van der Waals surface area contributed by atoms with E-state index in [1.54, 1.807) is 0 Å². The van der Waals surface area contributed by atoms with Crippen molar-refractivity contribution in [2.45, 2.75) is 6.54 Å². The van der Waals surface area contributed by atoms with Crippen molar-refractivity contribution in [3.05, 3.63) is 48.0 Å². The number of fused-ring (bicyclic) bond motifs is 1. The van der Waals surface area contributed by atoms with Crippen LogP contribution in [0.3, 0.4) is 0 Å². The SMILES string of the molecule is CNCCN(C)Cc1ccc2ccccc2c1. The summed E-state index contributed by atoms with van der Waals surface area (Å²) in [6.45, 7) is 3.11. The summed E-state index contributed by atoms with van der Waals surface area (Å²) in [5.74, 6) is 0. The molecule has 0 aliphatic heterocycles. The van der Waals surface area contributed by atoms with Crippen LogP contribution in [0.15, 0.2) is 42.5 Å². The standard InChI is InChI=1S/C15H20N2/c1-16-9-10-17(2)12-13-7-8-14-5-3-4-6-15(14)11-13/h3-8,11,16H,9-10,12H2,1-2H3. The van der Waals surface area contributed by atoms with Crippen LogP contribution in [-0.2, 0) is 6.54 Å². The third kappa shape index (κ3) is 3.29. The normalized spacial score (nSPS) is 11.2. The number of hydrogen-bond acceptors (Lipinski definition) is 2. The highest BCUT2D eigenvalue weighted by atomic mass is 15.1. The van der Waals surface area contributed by atoms with Crippen molar-refractivity contribution in [1.82, 2.24) is 10.2 Å². The summed E-state index contributed by atoms with van der Waals surface area (Å²) >= 11 is 0. The van der Waals surface area contributed by atoms with Gasteiger partial charge in [0, 0.05) is 19.6 Å². The minimum Gasteiger partial charge on any atom is -0.318 e. The highest BCUT2D eigenvalue weighted by Gasteiger charge is 2.00. The Morgan fingerprint density at radius 3 is 2.59 bits per heavy atom. The number of hydrogen-bond donors (Lipinski definition) is 1. The summed E-state index contributed by atoms with van der Waals surface area (Å²) in [6, 6.07) is 15.2. The molecule has 2 aromatic rings. The molecule has 0 fully saturated rings. The lowest BCUT2D eigenvalue weighted by molar-refractivity contribution is 0.328. The van der Waals surface area contributed by atoms with Crippen LogP contribution in [0.5, 0.6) is 0 Å². The molecule has 0 aromatic heterocycles. The van der Waals surface area contributed by atoms with E-state index < -0.39 is 0 Å². The highest BCUT2D eigenvalue weighted by Crippen LogP contribution is 2.16. The van der Waals surface area contributed by atoms with Gasteiger partial charge in [-0.05, 0) is 36.5 Å². The van der Waals surface area contributed by atoms with E-state index in [1.807, 2.05) is 7.05 Å². The second-order valence-corrected chi connectivity index (χ2v) is 4.52. The molecule has 17 heavy (non-hydrogen) atoms. The van der Waals surface area contributed by atoms with Crippen molar-refractivity contribution in [3.63, 3.8) is 0 Å². The molecule has 0 spiro atoms. The van der Waals surface area contributed by atoms with E-state index in [9.17, 15) is 0 Å². The maximum Gasteiger partial charge on any atom is 0.0231 e. The zero-order chi connectivity index (χ0) is 12.1. The molecular weight excluding hydrogens is 208 g/mol. The monoisotopic (exact) mass is 228 g/mol. The Hall–Kier alpha value is -1.38. The summed E-state index contributed by atoms with van der Waals surface area (Å²) in [6.07, 6.45) is 0. The maximum atomic E-state index is 3.17. The first kappa shape index (κ1) is 12.1. The van der Waals surface area contributed by atoms with Crippen LogP contribution in [0.1, 0.15) is 5.56 Å². The van der Waals surface area contributed by atoms with Crippen LogP contribution < -0.4 is 5.32 Å². The van der Waals surface area contributed by atoms with E-state index in [-0.39, 0.29) is 0 Å². The van der Waals surface area contributed by atoms with Gasteiger partial charge in [0.05, 0.1) is 0 Å². The number of benzene rings is 2. The van der Waals surface area contributed by atoms with Gasteiger partial charge in [-0.3, -0.25) is 0 Å². The molecule has 0 aliphatic rings. The fraction of sp³-hybridized carbons (Fsp3) is 0.333. The van der Waals surface area contributed by atoms with Gasteiger partial charge >= 0.3 is 0 Å². The first-order valence-corrected chi connectivity index (χ1v) is 6.10. The number of rotatable bonds is 5. The summed E-state index contributed by atoms with van der Waals surface area (Å²) in [4.78, 5) is 2.33. The minimum atomic E-state index is 1.01. The molecule has 2 nitrogen and oxygen atoms in total. The average Bonchev–Trinajstić information content (AvgIpc) is 2.36. The fourth-order valence-electron chi connectivity index (χ4n) is 2.03. The molecule has 0 saturated heterocycles. The van der Waals surface area contributed by atoms with E-state index in [0.717, 1.165) is 19.6 Å². The van der Waals surface area contributed by atoms with E-state index in [4.69, 9.17) is 0 Å². The van der Waals surface area contributed by atoms with Crippen molar-refractivity contribution in [3.8, 4) is 0 Å². The van der Waals surface area contributed by atoms with Gasteiger partial charge in [-0.2, -0.15) is 0 Å². The Morgan fingerprint density at radius 2 is 1.82 bits per heavy atom. The zero-order valence-electron chi connectivity index (χ0n) is 10.6. The first-order valence-electron chi connectivity index (χ1n) is 6.10. The predicted octanol–water partition coefficient (Wildman–Crippen LogP) is 2.49. The molecule has 90 valence electrons. The van der Waals surface area contributed by atoms with E-state index >= 15 is 0 Å².